The molecule has 0 atom stereocenters. The van der Waals surface area contributed by atoms with Gasteiger partial charge >= 0.3 is 0 Å². The molecule has 1 amide bonds. The van der Waals surface area contributed by atoms with Crippen LogP contribution in [0.1, 0.15) is 27.0 Å². The van der Waals surface area contributed by atoms with Crippen LogP contribution in [0.15, 0.2) is 48.7 Å². The highest BCUT2D eigenvalue weighted by atomic mass is 32.1. The van der Waals surface area contributed by atoms with E-state index in [1.165, 1.54) is 10.4 Å². The van der Waals surface area contributed by atoms with Gasteiger partial charge in [-0.25, -0.2) is 9.97 Å². The molecule has 0 bridgehead atoms. The number of thiophene rings is 1. The third-order valence-corrected chi connectivity index (χ3v) is 6.49. The van der Waals surface area contributed by atoms with Crippen molar-refractivity contribution in [1.29, 1.82) is 0 Å². The van der Waals surface area contributed by atoms with E-state index < -0.39 is 0 Å². The maximum absolute atomic E-state index is 12.9. The SMILES string of the molecule is CCc1sc(C(=O)N2CCN(c3ccnc(-c4ccccc4)n3)CC2)cc1C. The Morgan fingerprint density at radius 3 is 2.54 bits per heavy atom. The van der Waals surface area contributed by atoms with Gasteiger partial charge in [-0.1, -0.05) is 37.3 Å². The predicted molar refractivity (Wildman–Crippen MR) is 114 cm³/mol. The Morgan fingerprint density at radius 1 is 1.11 bits per heavy atom. The molecule has 3 heterocycles. The molecule has 6 heteroatoms. The van der Waals surface area contributed by atoms with Gasteiger partial charge < -0.3 is 9.80 Å². The van der Waals surface area contributed by atoms with E-state index in [2.05, 4.69) is 23.7 Å². The molecule has 0 N–H and O–H groups in total. The number of rotatable bonds is 4. The molecule has 0 spiro atoms. The molecule has 144 valence electrons. The molecule has 1 aliphatic heterocycles. The van der Waals surface area contributed by atoms with Crippen molar-refractivity contribution >= 4 is 23.1 Å². The molecular formula is C22H24N4OS. The average Bonchev–Trinajstić information content (AvgIpc) is 3.15. The maximum Gasteiger partial charge on any atom is 0.264 e. The lowest BCUT2D eigenvalue weighted by molar-refractivity contribution is 0.0751. The van der Waals surface area contributed by atoms with Crippen molar-refractivity contribution in [2.45, 2.75) is 20.3 Å². The van der Waals surface area contributed by atoms with Crippen molar-refractivity contribution in [1.82, 2.24) is 14.9 Å². The highest BCUT2D eigenvalue weighted by molar-refractivity contribution is 7.14. The number of carbonyl (C=O) groups is 1. The largest absolute Gasteiger partial charge is 0.353 e. The second-order valence-electron chi connectivity index (χ2n) is 6.95. The smallest absolute Gasteiger partial charge is 0.264 e. The first-order chi connectivity index (χ1) is 13.7. The summed E-state index contributed by atoms with van der Waals surface area (Å²) in [5.41, 5.74) is 2.24. The van der Waals surface area contributed by atoms with Gasteiger partial charge in [-0.3, -0.25) is 4.79 Å². The predicted octanol–water partition coefficient (Wildman–Crippen LogP) is 4.04. The zero-order chi connectivity index (χ0) is 19.5. The van der Waals surface area contributed by atoms with Gasteiger partial charge in [-0.05, 0) is 31.0 Å². The van der Waals surface area contributed by atoms with Crippen LogP contribution in [0.25, 0.3) is 11.4 Å². The second-order valence-corrected chi connectivity index (χ2v) is 8.09. The molecule has 1 aliphatic rings. The highest BCUT2D eigenvalue weighted by Gasteiger charge is 2.24. The van der Waals surface area contributed by atoms with Crippen molar-refractivity contribution < 1.29 is 4.79 Å². The minimum absolute atomic E-state index is 0.153. The van der Waals surface area contributed by atoms with Crippen molar-refractivity contribution in [2.75, 3.05) is 31.1 Å². The van der Waals surface area contributed by atoms with Gasteiger partial charge in [0, 0.05) is 42.8 Å². The number of benzene rings is 1. The van der Waals surface area contributed by atoms with Crippen molar-refractivity contribution in [3.8, 4) is 11.4 Å². The van der Waals surface area contributed by atoms with Crippen molar-refractivity contribution in [3.63, 3.8) is 0 Å². The molecule has 4 rings (SSSR count). The Morgan fingerprint density at radius 2 is 1.86 bits per heavy atom. The van der Waals surface area contributed by atoms with Crippen LogP contribution in [0, 0.1) is 6.92 Å². The number of aryl methyl sites for hydroxylation is 2. The molecule has 0 radical (unpaired) electrons. The van der Waals surface area contributed by atoms with Crippen molar-refractivity contribution in [3.05, 3.63) is 64.0 Å². The monoisotopic (exact) mass is 392 g/mol. The average molecular weight is 393 g/mol. The van der Waals surface area contributed by atoms with E-state index in [1.807, 2.05) is 53.6 Å². The van der Waals surface area contributed by atoms with E-state index in [-0.39, 0.29) is 5.91 Å². The Balaban J connectivity index is 1.43. The van der Waals surface area contributed by atoms with E-state index in [0.29, 0.717) is 13.1 Å². The minimum Gasteiger partial charge on any atom is -0.353 e. The number of amides is 1. The molecule has 1 saturated heterocycles. The zero-order valence-electron chi connectivity index (χ0n) is 16.3. The van der Waals surface area contributed by atoms with Crippen LogP contribution >= 0.6 is 11.3 Å². The van der Waals surface area contributed by atoms with Crippen LogP contribution in [0.2, 0.25) is 0 Å². The fraction of sp³-hybridized carbons (Fsp3) is 0.318. The lowest BCUT2D eigenvalue weighted by Crippen LogP contribution is -2.48. The van der Waals surface area contributed by atoms with E-state index in [0.717, 1.165) is 41.6 Å². The van der Waals surface area contributed by atoms with E-state index >= 15 is 0 Å². The first kappa shape index (κ1) is 18.6. The normalized spacial score (nSPS) is 14.4. The molecule has 5 nitrogen and oxygen atoms in total. The summed E-state index contributed by atoms with van der Waals surface area (Å²) in [6.45, 7) is 7.20. The van der Waals surface area contributed by atoms with Gasteiger partial charge in [0.05, 0.1) is 4.88 Å². The molecule has 0 aliphatic carbocycles. The molecule has 1 fully saturated rings. The van der Waals surface area contributed by atoms with Crippen LogP contribution in [0.4, 0.5) is 5.82 Å². The molecule has 2 aromatic heterocycles. The fourth-order valence-electron chi connectivity index (χ4n) is 3.52. The van der Waals surface area contributed by atoms with Crippen LogP contribution in [-0.4, -0.2) is 47.0 Å². The van der Waals surface area contributed by atoms with Crippen LogP contribution < -0.4 is 4.90 Å². The van der Waals surface area contributed by atoms with Gasteiger partial charge in [-0.15, -0.1) is 11.3 Å². The summed E-state index contributed by atoms with van der Waals surface area (Å²) >= 11 is 1.63. The standard InChI is InChI=1S/C22H24N4OS/c1-3-18-16(2)15-19(28-18)22(27)26-13-11-25(12-14-26)20-9-10-23-21(24-20)17-7-5-4-6-8-17/h4-10,15H,3,11-14H2,1-2H3. The first-order valence-corrected chi connectivity index (χ1v) is 10.5. The Bertz CT molecular complexity index is 962. The first-order valence-electron chi connectivity index (χ1n) is 9.67. The lowest BCUT2D eigenvalue weighted by Gasteiger charge is -2.35. The number of aromatic nitrogens is 2. The molecule has 3 aromatic rings. The Labute approximate surface area is 169 Å². The third kappa shape index (κ3) is 3.78. The molecule has 0 saturated carbocycles. The summed E-state index contributed by atoms with van der Waals surface area (Å²) in [5, 5.41) is 0. The summed E-state index contributed by atoms with van der Waals surface area (Å²) in [5.74, 6) is 1.80. The van der Waals surface area contributed by atoms with E-state index in [9.17, 15) is 4.79 Å². The number of nitrogens with zero attached hydrogens (tertiary/aromatic N) is 4. The number of hydrogen-bond acceptors (Lipinski definition) is 5. The van der Waals surface area contributed by atoms with Crippen LogP contribution in [0.3, 0.4) is 0 Å². The lowest BCUT2D eigenvalue weighted by atomic mass is 10.2. The minimum atomic E-state index is 0.153. The van der Waals surface area contributed by atoms with E-state index in [4.69, 9.17) is 4.98 Å². The molecule has 0 unspecified atom stereocenters. The summed E-state index contributed by atoms with van der Waals surface area (Å²) < 4.78 is 0. The van der Waals surface area contributed by atoms with Gasteiger partial charge in [0.15, 0.2) is 5.82 Å². The second kappa shape index (κ2) is 8.10. The summed E-state index contributed by atoms with van der Waals surface area (Å²) in [4.78, 5) is 28.3. The van der Waals surface area contributed by atoms with Gasteiger partial charge in [0.2, 0.25) is 0 Å². The Kier molecular flexibility index (Phi) is 5.39. The molecule has 28 heavy (non-hydrogen) atoms. The van der Waals surface area contributed by atoms with E-state index in [1.54, 1.807) is 11.3 Å². The highest BCUT2D eigenvalue weighted by Crippen LogP contribution is 2.25. The summed E-state index contributed by atoms with van der Waals surface area (Å²) in [7, 11) is 0. The number of anilines is 1. The van der Waals surface area contributed by atoms with Gasteiger partial charge in [0.1, 0.15) is 5.82 Å². The number of piperazine rings is 1. The van der Waals surface area contributed by atoms with Gasteiger partial charge in [-0.2, -0.15) is 0 Å². The third-order valence-electron chi connectivity index (χ3n) is 5.12. The van der Waals surface area contributed by atoms with Crippen LogP contribution in [0.5, 0.6) is 0 Å². The topological polar surface area (TPSA) is 49.3 Å². The maximum atomic E-state index is 12.9. The van der Waals surface area contributed by atoms with Crippen LogP contribution in [-0.2, 0) is 6.42 Å². The van der Waals surface area contributed by atoms with Gasteiger partial charge in [0.25, 0.3) is 5.91 Å². The Hall–Kier alpha value is -2.73. The zero-order valence-corrected chi connectivity index (χ0v) is 17.1. The van der Waals surface area contributed by atoms with Crippen molar-refractivity contribution in [2.24, 2.45) is 0 Å². The summed E-state index contributed by atoms with van der Waals surface area (Å²) in [6, 6.07) is 14.0. The number of hydrogen-bond donors (Lipinski definition) is 0. The molecular weight excluding hydrogens is 368 g/mol. The fourth-order valence-corrected chi connectivity index (χ4v) is 4.60. The number of carbonyl (C=O) groups excluding carboxylic acids is 1. The summed E-state index contributed by atoms with van der Waals surface area (Å²) in [6.07, 6.45) is 2.79. The molecule has 1 aromatic carbocycles. The quantitative estimate of drug-likeness (QED) is 0.672.